The highest BCUT2D eigenvalue weighted by Crippen LogP contribution is 2.62. The van der Waals surface area contributed by atoms with Crippen molar-refractivity contribution in [2.75, 3.05) is 0 Å². The average molecular weight is 302 g/mol. The van der Waals surface area contributed by atoms with Crippen molar-refractivity contribution in [3.8, 4) is 0 Å². The van der Waals surface area contributed by atoms with Gasteiger partial charge in [0.15, 0.2) is 5.78 Å². The molecule has 0 aromatic heterocycles. The van der Waals surface area contributed by atoms with Crippen molar-refractivity contribution in [3.05, 3.63) is 23.3 Å². The van der Waals surface area contributed by atoms with Crippen LogP contribution in [0.2, 0.25) is 0 Å². The fourth-order valence-corrected chi connectivity index (χ4v) is 4.24. The molecule has 0 spiro atoms. The molecule has 2 aliphatic carbocycles. The number of hydrogen-bond donors (Lipinski definition) is 0. The standard InChI is InChI=1S/C20H30O2/c1-13-6-8-17(21)14(2)12-16-15(19(16,3)4)10-11-20(5)18(22-20)9-7-13/h6,12,15-16,18H,7-11H2,1-5H3/b13-6+,14-12+/t15-,16-,18-,20-/m1/s1. The maximum absolute atomic E-state index is 12.3. The van der Waals surface area contributed by atoms with Crippen LogP contribution in [-0.2, 0) is 9.53 Å². The first-order valence-corrected chi connectivity index (χ1v) is 8.79. The number of ether oxygens (including phenoxy) is 1. The van der Waals surface area contributed by atoms with Crippen LogP contribution in [0.25, 0.3) is 0 Å². The Bertz CT molecular complexity index is 540. The Morgan fingerprint density at radius 3 is 2.64 bits per heavy atom. The Morgan fingerprint density at radius 1 is 1.18 bits per heavy atom. The molecule has 122 valence electrons. The lowest BCUT2D eigenvalue weighted by Gasteiger charge is -2.08. The van der Waals surface area contributed by atoms with Crippen LogP contribution in [0, 0.1) is 17.3 Å². The third-order valence-corrected chi connectivity index (χ3v) is 6.43. The van der Waals surface area contributed by atoms with Crippen molar-refractivity contribution in [3.63, 3.8) is 0 Å². The van der Waals surface area contributed by atoms with E-state index in [0.29, 0.717) is 29.8 Å². The Kier molecular flexibility index (Phi) is 3.87. The number of hydrogen-bond acceptors (Lipinski definition) is 2. The van der Waals surface area contributed by atoms with Crippen LogP contribution < -0.4 is 0 Å². The Morgan fingerprint density at radius 2 is 1.91 bits per heavy atom. The molecular weight excluding hydrogens is 272 g/mol. The zero-order valence-electron chi connectivity index (χ0n) is 14.7. The second-order valence-corrected chi connectivity index (χ2v) is 8.48. The summed E-state index contributed by atoms with van der Waals surface area (Å²) >= 11 is 0. The minimum atomic E-state index is 0.113. The fourth-order valence-electron chi connectivity index (χ4n) is 4.24. The van der Waals surface area contributed by atoms with E-state index in [9.17, 15) is 4.79 Å². The van der Waals surface area contributed by atoms with Gasteiger partial charge < -0.3 is 4.74 Å². The molecule has 2 heteroatoms. The summed E-state index contributed by atoms with van der Waals surface area (Å²) in [6.45, 7) is 11.1. The Labute approximate surface area is 135 Å². The first-order valence-electron chi connectivity index (χ1n) is 8.79. The van der Waals surface area contributed by atoms with Crippen molar-refractivity contribution in [1.82, 2.24) is 0 Å². The Balaban J connectivity index is 1.78. The van der Waals surface area contributed by atoms with E-state index in [4.69, 9.17) is 4.74 Å². The van der Waals surface area contributed by atoms with Crippen LogP contribution in [0.1, 0.15) is 66.7 Å². The van der Waals surface area contributed by atoms with Crippen molar-refractivity contribution < 1.29 is 9.53 Å². The minimum Gasteiger partial charge on any atom is -0.366 e. The molecule has 0 aromatic carbocycles. The monoisotopic (exact) mass is 302 g/mol. The fraction of sp³-hybridized carbons (Fsp3) is 0.750. The molecule has 0 N–H and O–H groups in total. The second kappa shape index (κ2) is 5.33. The highest BCUT2D eigenvalue weighted by atomic mass is 16.6. The van der Waals surface area contributed by atoms with E-state index in [1.165, 1.54) is 12.0 Å². The number of allylic oxidation sites excluding steroid dienone is 4. The molecular formula is C20H30O2. The van der Waals surface area contributed by atoms with Crippen LogP contribution in [-0.4, -0.2) is 17.5 Å². The van der Waals surface area contributed by atoms with Gasteiger partial charge in [-0.25, -0.2) is 0 Å². The van der Waals surface area contributed by atoms with Crippen LogP contribution in [0.5, 0.6) is 0 Å². The van der Waals surface area contributed by atoms with E-state index in [1.54, 1.807) is 0 Å². The molecule has 1 saturated carbocycles. The van der Waals surface area contributed by atoms with Crippen LogP contribution in [0.15, 0.2) is 23.3 Å². The number of Topliss-reactive ketones (excluding diaryl/α,β-unsaturated/α-hetero) is 1. The van der Waals surface area contributed by atoms with Gasteiger partial charge in [0.1, 0.15) is 0 Å². The van der Waals surface area contributed by atoms with E-state index in [2.05, 4.69) is 39.8 Å². The third-order valence-electron chi connectivity index (χ3n) is 6.43. The van der Waals surface area contributed by atoms with Gasteiger partial charge in [-0.05, 0) is 69.3 Å². The Hall–Kier alpha value is -0.890. The van der Waals surface area contributed by atoms with Gasteiger partial charge in [-0.15, -0.1) is 0 Å². The molecule has 22 heavy (non-hydrogen) atoms. The summed E-state index contributed by atoms with van der Waals surface area (Å²) in [5.41, 5.74) is 2.73. The first-order chi connectivity index (χ1) is 10.2. The van der Waals surface area contributed by atoms with E-state index in [0.717, 1.165) is 24.8 Å². The predicted molar refractivity (Wildman–Crippen MR) is 89.6 cm³/mol. The predicted octanol–water partition coefficient (Wildman–Crippen LogP) is 4.84. The van der Waals surface area contributed by atoms with Crippen molar-refractivity contribution >= 4 is 5.78 Å². The van der Waals surface area contributed by atoms with Crippen LogP contribution in [0.4, 0.5) is 0 Å². The van der Waals surface area contributed by atoms with Crippen molar-refractivity contribution in [2.45, 2.75) is 78.4 Å². The first kappa shape index (κ1) is 16.0. The highest BCUT2D eigenvalue weighted by molar-refractivity contribution is 5.95. The van der Waals surface area contributed by atoms with Gasteiger partial charge >= 0.3 is 0 Å². The molecule has 2 nitrogen and oxygen atoms in total. The number of epoxide rings is 1. The normalized spacial score (nSPS) is 46.2. The quantitative estimate of drug-likeness (QED) is 0.473. The summed E-state index contributed by atoms with van der Waals surface area (Å²) in [4.78, 5) is 12.3. The molecule has 1 aliphatic heterocycles. The summed E-state index contributed by atoms with van der Waals surface area (Å²) in [5, 5.41) is 0. The molecule has 2 fully saturated rings. The highest BCUT2D eigenvalue weighted by Gasteiger charge is 2.58. The van der Waals surface area contributed by atoms with Gasteiger partial charge in [0.05, 0.1) is 11.7 Å². The molecule has 0 amide bonds. The van der Waals surface area contributed by atoms with Gasteiger partial charge in [-0.3, -0.25) is 4.79 Å². The number of ketones is 1. The molecule has 0 bridgehead atoms. The molecule has 3 aliphatic rings. The number of rotatable bonds is 0. The van der Waals surface area contributed by atoms with E-state index >= 15 is 0 Å². The molecule has 0 unspecified atom stereocenters. The van der Waals surface area contributed by atoms with Crippen molar-refractivity contribution in [1.29, 1.82) is 0 Å². The van der Waals surface area contributed by atoms with Crippen LogP contribution >= 0.6 is 0 Å². The number of carbonyl (C=O) groups is 1. The summed E-state index contributed by atoms with van der Waals surface area (Å²) < 4.78 is 6.00. The number of fused-ring (bicyclic) bond motifs is 2. The summed E-state index contributed by atoms with van der Waals surface area (Å²) in [6.07, 6.45) is 9.86. The lowest BCUT2D eigenvalue weighted by Crippen LogP contribution is -2.11. The summed E-state index contributed by atoms with van der Waals surface area (Å²) in [6, 6.07) is 0. The molecule has 4 atom stereocenters. The molecule has 0 radical (unpaired) electrons. The zero-order chi connectivity index (χ0) is 16.1. The average Bonchev–Trinajstić information content (AvgIpc) is 3.25. The molecule has 3 rings (SSSR count). The molecule has 1 saturated heterocycles. The maximum atomic E-state index is 12.3. The van der Waals surface area contributed by atoms with Gasteiger partial charge in [0, 0.05) is 6.42 Å². The summed E-state index contributed by atoms with van der Waals surface area (Å²) in [5.74, 6) is 1.55. The molecule has 1 heterocycles. The second-order valence-electron chi connectivity index (χ2n) is 8.48. The van der Waals surface area contributed by atoms with Gasteiger partial charge in [-0.1, -0.05) is 31.6 Å². The van der Waals surface area contributed by atoms with Gasteiger partial charge in [-0.2, -0.15) is 0 Å². The lowest BCUT2D eigenvalue weighted by atomic mass is 9.94. The van der Waals surface area contributed by atoms with E-state index in [1.807, 2.05) is 6.92 Å². The molecule has 0 aromatic rings. The lowest BCUT2D eigenvalue weighted by molar-refractivity contribution is -0.114. The van der Waals surface area contributed by atoms with E-state index in [-0.39, 0.29) is 11.4 Å². The zero-order valence-corrected chi connectivity index (χ0v) is 14.7. The van der Waals surface area contributed by atoms with Gasteiger partial charge in [0.25, 0.3) is 0 Å². The van der Waals surface area contributed by atoms with Crippen LogP contribution in [0.3, 0.4) is 0 Å². The largest absolute Gasteiger partial charge is 0.366 e. The topological polar surface area (TPSA) is 29.6 Å². The third kappa shape index (κ3) is 2.95. The summed E-state index contributed by atoms with van der Waals surface area (Å²) in [7, 11) is 0. The van der Waals surface area contributed by atoms with Crippen molar-refractivity contribution in [2.24, 2.45) is 17.3 Å². The number of carbonyl (C=O) groups excluding carboxylic acids is 1. The van der Waals surface area contributed by atoms with Gasteiger partial charge in [0.2, 0.25) is 0 Å². The van der Waals surface area contributed by atoms with E-state index < -0.39 is 0 Å². The minimum absolute atomic E-state index is 0.113. The smallest absolute Gasteiger partial charge is 0.162 e. The SMILES string of the molecule is C/C1=C\CC(=O)/C(C)=C/[C@@H]2[C@@H](CC[C@@]3(C)O[C@@H]3CC1)C2(C)C. The maximum Gasteiger partial charge on any atom is 0.162 e.